The number of aryl methyl sites for hydroxylation is 1. The highest BCUT2D eigenvalue weighted by atomic mass is 19.4. The first-order chi connectivity index (χ1) is 9.86. The Balaban J connectivity index is 2.06. The predicted molar refractivity (Wildman–Crippen MR) is 76.1 cm³/mol. The summed E-state index contributed by atoms with van der Waals surface area (Å²) in [7, 11) is 0. The first-order valence-corrected chi connectivity index (χ1v) is 6.88. The molecule has 1 aliphatic carbocycles. The van der Waals surface area contributed by atoms with Gasteiger partial charge in [-0.25, -0.2) is 0 Å². The van der Waals surface area contributed by atoms with E-state index in [1.54, 1.807) is 6.07 Å². The SMILES string of the molecule is Cc1ccc2c(c1)CC(N)C2c1cccc(C(F)(F)F)c1. The molecule has 2 aromatic carbocycles. The molecule has 0 saturated heterocycles. The van der Waals surface area contributed by atoms with Crippen LogP contribution in [0.15, 0.2) is 42.5 Å². The zero-order valence-electron chi connectivity index (χ0n) is 11.6. The van der Waals surface area contributed by atoms with Crippen LogP contribution in [0.5, 0.6) is 0 Å². The Kier molecular flexibility index (Phi) is 3.29. The lowest BCUT2D eigenvalue weighted by Gasteiger charge is -2.19. The molecule has 0 radical (unpaired) electrons. The van der Waals surface area contributed by atoms with Gasteiger partial charge in [0.15, 0.2) is 0 Å². The molecule has 0 bridgehead atoms. The van der Waals surface area contributed by atoms with Crippen molar-refractivity contribution in [3.63, 3.8) is 0 Å². The molecule has 0 fully saturated rings. The van der Waals surface area contributed by atoms with Crippen LogP contribution in [0.25, 0.3) is 0 Å². The second-order valence-corrected chi connectivity index (χ2v) is 5.67. The van der Waals surface area contributed by atoms with Gasteiger partial charge in [-0.3, -0.25) is 0 Å². The van der Waals surface area contributed by atoms with E-state index in [0.717, 1.165) is 22.8 Å². The fourth-order valence-corrected chi connectivity index (χ4v) is 3.15. The Bertz CT molecular complexity index is 676. The molecule has 1 aliphatic rings. The molecule has 0 saturated carbocycles. The second kappa shape index (κ2) is 4.88. The highest BCUT2D eigenvalue weighted by Crippen LogP contribution is 2.39. The minimum Gasteiger partial charge on any atom is -0.327 e. The molecule has 0 amide bonds. The zero-order chi connectivity index (χ0) is 15.2. The Labute approximate surface area is 121 Å². The molecule has 2 atom stereocenters. The first kappa shape index (κ1) is 14.1. The van der Waals surface area contributed by atoms with Gasteiger partial charge in [0, 0.05) is 12.0 Å². The van der Waals surface area contributed by atoms with Gasteiger partial charge in [-0.15, -0.1) is 0 Å². The van der Waals surface area contributed by atoms with E-state index in [1.165, 1.54) is 12.1 Å². The predicted octanol–water partition coefficient (Wildman–Crippen LogP) is 4.03. The minimum absolute atomic E-state index is 0.164. The monoisotopic (exact) mass is 291 g/mol. The van der Waals surface area contributed by atoms with Crippen molar-refractivity contribution in [2.45, 2.75) is 31.5 Å². The van der Waals surface area contributed by atoms with E-state index in [0.29, 0.717) is 12.0 Å². The smallest absolute Gasteiger partial charge is 0.327 e. The molecule has 0 heterocycles. The van der Waals surface area contributed by atoms with Crippen LogP contribution in [-0.4, -0.2) is 6.04 Å². The van der Waals surface area contributed by atoms with Crippen molar-refractivity contribution in [3.05, 3.63) is 70.3 Å². The number of hydrogen-bond donors (Lipinski definition) is 1. The molecule has 0 aromatic heterocycles. The van der Waals surface area contributed by atoms with E-state index in [4.69, 9.17) is 5.73 Å². The molecule has 2 N–H and O–H groups in total. The van der Waals surface area contributed by atoms with Gasteiger partial charge >= 0.3 is 6.18 Å². The van der Waals surface area contributed by atoms with Crippen LogP contribution in [0.3, 0.4) is 0 Å². The maximum Gasteiger partial charge on any atom is 0.416 e. The van der Waals surface area contributed by atoms with Crippen LogP contribution in [-0.2, 0) is 12.6 Å². The average Bonchev–Trinajstić information content (AvgIpc) is 2.73. The van der Waals surface area contributed by atoms with Crippen molar-refractivity contribution in [2.75, 3.05) is 0 Å². The summed E-state index contributed by atoms with van der Waals surface area (Å²) in [5.74, 6) is -0.164. The number of benzene rings is 2. The standard InChI is InChI=1S/C17H16F3N/c1-10-5-6-14-12(7-10)9-15(21)16(14)11-3-2-4-13(8-11)17(18,19)20/h2-8,15-16H,9,21H2,1H3. The normalized spacial score (nSPS) is 21.4. The van der Waals surface area contributed by atoms with Crippen molar-refractivity contribution in [1.29, 1.82) is 0 Å². The maximum absolute atomic E-state index is 12.9. The van der Waals surface area contributed by atoms with E-state index in [2.05, 4.69) is 6.07 Å². The third kappa shape index (κ3) is 2.56. The summed E-state index contributed by atoms with van der Waals surface area (Å²) in [4.78, 5) is 0. The van der Waals surface area contributed by atoms with Gasteiger partial charge in [-0.05, 0) is 36.1 Å². The van der Waals surface area contributed by atoms with Crippen LogP contribution in [0.1, 0.15) is 33.7 Å². The quantitative estimate of drug-likeness (QED) is 0.843. The topological polar surface area (TPSA) is 26.0 Å². The van der Waals surface area contributed by atoms with Crippen molar-refractivity contribution >= 4 is 0 Å². The molecular weight excluding hydrogens is 275 g/mol. The molecule has 2 unspecified atom stereocenters. The van der Waals surface area contributed by atoms with Crippen LogP contribution in [0.4, 0.5) is 13.2 Å². The molecule has 0 aliphatic heterocycles. The maximum atomic E-state index is 12.9. The summed E-state index contributed by atoms with van der Waals surface area (Å²) in [6, 6.07) is 11.4. The van der Waals surface area contributed by atoms with Gasteiger partial charge in [-0.1, -0.05) is 42.0 Å². The van der Waals surface area contributed by atoms with E-state index in [1.807, 2.05) is 19.1 Å². The van der Waals surface area contributed by atoms with Gasteiger partial charge in [0.1, 0.15) is 0 Å². The molecular formula is C17H16F3N. The first-order valence-electron chi connectivity index (χ1n) is 6.88. The third-order valence-electron chi connectivity index (χ3n) is 4.09. The van der Waals surface area contributed by atoms with Crippen molar-refractivity contribution in [3.8, 4) is 0 Å². The minimum atomic E-state index is -4.32. The Morgan fingerprint density at radius 3 is 2.57 bits per heavy atom. The van der Waals surface area contributed by atoms with Gasteiger partial charge in [0.05, 0.1) is 5.56 Å². The van der Waals surface area contributed by atoms with E-state index in [9.17, 15) is 13.2 Å². The Morgan fingerprint density at radius 2 is 1.86 bits per heavy atom. The molecule has 0 spiro atoms. The average molecular weight is 291 g/mol. The van der Waals surface area contributed by atoms with Crippen molar-refractivity contribution in [2.24, 2.45) is 5.73 Å². The number of nitrogens with two attached hydrogens (primary N) is 1. The van der Waals surface area contributed by atoms with Crippen LogP contribution in [0.2, 0.25) is 0 Å². The summed E-state index contributed by atoms with van der Waals surface area (Å²) in [6.07, 6.45) is -3.62. The van der Waals surface area contributed by atoms with Crippen LogP contribution >= 0.6 is 0 Å². The summed E-state index contributed by atoms with van der Waals surface area (Å²) in [6.45, 7) is 2.00. The molecule has 2 aromatic rings. The third-order valence-corrected chi connectivity index (χ3v) is 4.09. The number of hydrogen-bond acceptors (Lipinski definition) is 1. The van der Waals surface area contributed by atoms with Crippen LogP contribution < -0.4 is 5.73 Å². The summed E-state index contributed by atoms with van der Waals surface area (Å²) in [5, 5.41) is 0. The molecule has 1 nitrogen and oxygen atoms in total. The van der Waals surface area contributed by atoms with Crippen molar-refractivity contribution < 1.29 is 13.2 Å². The zero-order valence-corrected chi connectivity index (χ0v) is 11.6. The summed E-state index contributed by atoms with van der Waals surface area (Å²) < 4.78 is 38.6. The van der Waals surface area contributed by atoms with Gasteiger partial charge < -0.3 is 5.73 Å². The lowest BCUT2D eigenvalue weighted by atomic mass is 9.89. The highest BCUT2D eigenvalue weighted by Gasteiger charge is 2.34. The highest BCUT2D eigenvalue weighted by molar-refractivity contribution is 5.47. The second-order valence-electron chi connectivity index (χ2n) is 5.67. The van der Waals surface area contributed by atoms with Gasteiger partial charge in [0.2, 0.25) is 0 Å². The van der Waals surface area contributed by atoms with Gasteiger partial charge in [0.25, 0.3) is 0 Å². The molecule has 3 rings (SSSR count). The number of fused-ring (bicyclic) bond motifs is 1. The van der Waals surface area contributed by atoms with E-state index < -0.39 is 11.7 Å². The molecule has 21 heavy (non-hydrogen) atoms. The summed E-state index contributed by atoms with van der Waals surface area (Å²) in [5.41, 5.74) is 9.55. The fraction of sp³-hybridized carbons (Fsp3) is 0.294. The Hall–Kier alpha value is -1.81. The van der Waals surface area contributed by atoms with E-state index >= 15 is 0 Å². The van der Waals surface area contributed by atoms with Crippen molar-refractivity contribution in [1.82, 2.24) is 0 Å². The molecule has 110 valence electrons. The lowest BCUT2D eigenvalue weighted by molar-refractivity contribution is -0.137. The fourth-order valence-electron chi connectivity index (χ4n) is 3.15. The van der Waals surface area contributed by atoms with E-state index in [-0.39, 0.29) is 12.0 Å². The lowest BCUT2D eigenvalue weighted by Crippen LogP contribution is -2.25. The molecule has 4 heteroatoms. The van der Waals surface area contributed by atoms with Crippen LogP contribution in [0, 0.1) is 6.92 Å². The Morgan fingerprint density at radius 1 is 1.10 bits per heavy atom. The summed E-state index contributed by atoms with van der Waals surface area (Å²) >= 11 is 0. The van der Waals surface area contributed by atoms with Gasteiger partial charge in [-0.2, -0.15) is 13.2 Å². The number of halogens is 3. The number of alkyl halides is 3. The number of rotatable bonds is 1. The largest absolute Gasteiger partial charge is 0.416 e.